The number of H-pyrrole nitrogens is 1. The maximum atomic E-state index is 13.9. The van der Waals surface area contributed by atoms with Crippen LogP contribution >= 0.6 is 0 Å². The van der Waals surface area contributed by atoms with Gasteiger partial charge in [-0.05, 0) is 13.0 Å². The van der Waals surface area contributed by atoms with Gasteiger partial charge in [0.15, 0.2) is 11.6 Å². The van der Waals surface area contributed by atoms with E-state index in [0.29, 0.717) is 5.82 Å². The molecule has 7 heteroatoms. The van der Waals surface area contributed by atoms with Crippen LogP contribution in [0, 0.1) is 5.82 Å². The van der Waals surface area contributed by atoms with Gasteiger partial charge in [0, 0.05) is 25.6 Å². The van der Waals surface area contributed by atoms with Crippen molar-refractivity contribution in [2.24, 2.45) is 0 Å². The standard InChI is InChI=1S/C12H14FN5O/c1-7(10-16-5-6-17-10)18-12(19)8-3-4-15-11(14-2)9(8)13/h3-7H,1-2H3,(H,14,15)(H,16,17)(H,18,19). The largest absolute Gasteiger partial charge is 0.371 e. The minimum atomic E-state index is -0.672. The minimum absolute atomic E-state index is 0.0401. The fraction of sp³-hybridized carbons (Fsp3) is 0.250. The van der Waals surface area contributed by atoms with E-state index in [4.69, 9.17) is 0 Å². The lowest BCUT2D eigenvalue weighted by molar-refractivity contribution is 0.0934. The summed E-state index contributed by atoms with van der Waals surface area (Å²) in [6.07, 6.45) is 4.62. The van der Waals surface area contributed by atoms with Crippen molar-refractivity contribution in [1.82, 2.24) is 20.3 Å². The first-order valence-corrected chi connectivity index (χ1v) is 5.76. The summed E-state index contributed by atoms with van der Waals surface area (Å²) in [5.41, 5.74) is -0.0576. The molecule has 19 heavy (non-hydrogen) atoms. The van der Waals surface area contributed by atoms with Crippen molar-refractivity contribution in [1.29, 1.82) is 0 Å². The van der Waals surface area contributed by atoms with Crippen molar-refractivity contribution >= 4 is 11.7 Å². The summed E-state index contributed by atoms with van der Waals surface area (Å²) in [5, 5.41) is 5.25. The lowest BCUT2D eigenvalue weighted by Crippen LogP contribution is -2.28. The first-order chi connectivity index (χ1) is 9.13. The number of aromatic amines is 1. The molecule has 2 heterocycles. The van der Waals surface area contributed by atoms with Gasteiger partial charge in [0.25, 0.3) is 5.91 Å². The van der Waals surface area contributed by atoms with Crippen LogP contribution in [0.3, 0.4) is 0 Å². The molecule has 0 radical (unpaired) electrons. The Morgan fingerprint density at radius 2 is 2.21 bits per heavy atom. The van der Waals surface area contributed by atoms with Crippen molar-refractivity contribution in [3.8, 4) is 0 Å². The average molecular weight is 263 g/mol. The highest BCUT2D eigenvalue weighted by atomic mass is 19.1. The smallest absolute Gasteiger partial charge is 0.255 e. The monoisotopic (exact) mass is 263 g/mol. The third-order valence-corrected chi connectivity index (χ3v) is 2.65. The molecular formula is C12H14FN5O. The van der Waals surface area contributed by atoms with Crippen LogP contribution in [0.5, 0.6) is 0 Å². The molecule has 1 amide bonds. The second-order valence-corrected chi connectivity index (χ2v) is 3.94. The van der Waals surface area contributed by atoms with E-state index < -0.39 is 11.7 Å². The Kier molecular flexibility index (Phi) is 3.74. The quantitative estimate of drug-likeness (QED) is 0.780. The molecule has 0 bridgehead atoms. The second-order valence-electron chi connectivity index (χ2n) is 3.94. The number of imidazole rings is 1. The van der Waals surface area contributed by atoms with Gasteiger partial charge in [-0.25, -0.2) is 14.4 Å². The number of anilines is 1. The molecule has 2 aromatic heterocycles. The summed E-state index contributed by atoms with van der Waals surface area (Å²) in [5.74, 6) is -0.538. The van der Waals surface area contributed by atoms with Gasteiger partial charge in [-0.15, -0.1) is 0 Å². The van der Waals surface area contributed by atoms with Gasteiger partial charge in [-0.3, -0.25) is 4.79 Å². The maximum absolute atomic E-state index is 13.9. The molecule has 6 nitrogen and oxygen atoms in total. The summed E-state index contributed by atoms with van der Waals surface area (Å²) in [4.78, 5) is 22.7. The molecule has 0 spiro atoms. The molecule has 1 atom stereocenters. The number of rotatable bonds is 4. The first kappa shape index (κ1) is 13.0. The van der Waals surface area contributed by atoms with Gasteiger partial charge < -0.3 is 15.6 Å². The second kappa shape index (κ2) is 5.47. The molecule has 2 rings (SSSR count). The van der Waals surface area contributed by atoms with Crippen LogP contribution < -0.4 is 10.6 Å². The molecule has 0 aromatic carbocycles. The van der Waals surface area contributed by atoms with Gasteiger partial charge in [0.1, 0.15) is 5.82 Å². The normalized spacial score (nSPS) is 11.9. The highest BCUT2D eigenvalue weighted by Crippen LogP contribution is 2.15. The van der Waals surface area contributed by atoms with Crippen molar-refractivity contribution < 1.29 is 9.18 Å². The average Bonchev–Trinajstić information content (AvgIpc) is 2.92. The van der Waals surface area contributed by atoms with Crippen LogP contribution in [0.25, 0.3) is 0 Å². The molecule has 0 fully saturated rings. The first-order valence-electron chi connectivity index (χ1n) is 5.76. The maximum Gasteiger partial charge on any atom is 0.255 e. The van der Waals surface area contributed by atoms with Gasteiger partial charge >= 0.3 is 0 Å². The van der Waals surface area contributed by atoms with Crippen molar-refractivity contribution in [2.75, 3.05) is 12.4 Å². The summed E-state index contributed by atoms with van der Waals surface area (Å²) < 4.78 is 13.9. The molecule has 0 saturated carbocycles. The van der Waals surface area contributed by atoms with Crippen LogP contribution in [0.1, 0.15) is 29.1 Å². The lowest BCUT2D eigenvalue weighted by Gasteiger charge is -2.12. The number of nitrogens with one attached hydrogen (secondary N) is 3. The molecule has 2 aromatic rings. The zero-order chi connectivity index (χ0) is 13.8. The lowest BCUT2D eigenvalue weighted by atomic mass is 10.2. The van der Waals surface area contributed by atoms with E-state index in [-0.39, 0.29) is 17.4 Å². The van der Waals surface area contributed by atoms with Crippen LogP contribution in [0.15, 0.2) is 24.7 Å². The van der Waals surface area contributed by atoms with E-state index in [1.165, 1.54) is 12.3 Å². The number of carbonyl (C=O) groups excluding carboxylic acids is 1. The Hall–Kier alpha value is -2.44. The summed E-state index contributed by atoms with van der Waals surface area (Å²) in [6.45, 7) is 1.76. The molecular weight excluding hydrogens is 249 g/mol. The van der Waals surface area contributed by atoms with Crippen LogP contribution in [0.4, 0.5) is 10.2 Å². The Morgan fingerprint density at radius 3 is 2.84 bits per heavy atom. The number of nitrogens with zero attached hydrogens (tertiary/aromatic N) is 2. The van der Waals surface area contributed by atoms with E-state index in [2.05, 4.69) is 25.6 Å². The van der Waals surface area contributed by atoms with Crippen molar-refractivity contribution in [3.63, 3.8) is 0 Å². The Balaban J connectivity index is 2.16. The predicted molar refractivity (Wildman–Crippen MR) is 68.2 cm³/mol. The molecule has 1 unspecified atom stereocenters. The van der Waals surface area contributed by atoms with Crippen molar-refractivity contribution in [3.05, 3.63) is 41.9 Å². The zero-order valence-corrected chi connectivity index (χ0v) is 10.6. The van der Waals surface area contributed by atoms with E-state index >= 15 is 0 Å². The minimum Gasteiger partial charge on any atom is -0.371 e. The predicted octanol–water partition coefficient (Wildman–Crippen LogP) is 1.48. The number of pyridine rings is 1. The third kappa shape index (κ3) is 2.70. The SMILES string of the molecule is CNc1nccc(C(=O)NC(C)c2ncc[nH]2)c1F. The summed E-state index contributed by atoms with van der Waals surface area (Å²) in [6, 6.07) is 0.994. The number of halogens is 1. The highest BCUT2D eigenvalue weighted by molar-refractivity contribution is 5.95. The van der Waals surface area contributed by atoms with Crippen LogP contribution in [-0.2, 0) is 0 Å². The van der Waals surface area contributed by atoms with Crippen LogP contribution in [-0.4, -0.2) is 27.9 Å². The fourth-order valence-corrected chi connectivity index (χ4v) is 1.65. The van der Waals surface area contributed by atoms with Gasteiger partial charge in [0.2, 0.25) is 0 Å². The molecule has 0 aliphatic carbocycles. The van der Waals surface area contributed by atoms with Gasteiger partial charge in [0.05, 0.1) is 11.6 Å². The van der Waals surface area contributed by atoms with Crippen molar-refractivity contribution in [2.45, 2.75) is 13.0 Å². The fourth-order valence-electron chi connectivity index (χ4n) is 1.65. The number of amides is 1. The van der Waals surface area contributed by atoms with E-state index in [1.807, 2.05) is 0 Å². The third-order valence-electron chi connectivity index (χ3n) is 2.65. The summed E-state index contributed by atoms with van der Waals surface area (Å²) in [7, 11) is 1.54. The highest BCUT2D eigenvalue weighted by Gasteiger charge is 2.18. The molecule has 0 aliphatic rings. The molecule has 0 aliphatic heterocycles. The van der Waals surface area contributed by atoms with E-state index in [0.717, 1.165) is 0 Å². The Morgan fingerprint density at radius 1 is 1.42 bits per heavy atom. The number of hydrogen-bond donors (Lipinski definition) is 3. The van der Waals surface area contributed by atoms with Crippen LogP contribution in [0.2, 0.25) is 0 Å². The Labute approximate surface area is 109 Å². The molecule has 0 saturated heterocycles. The molecule has 3 N–H and O–H groups in total. The van der Waals surface area contributed by atoms with Gasteiger partial charge in [-0.2, -0.15) is 0 Å². The zero-order valence-electron chi connectivity index (χ0n) is 10.6. The van der Waals surface area contributed by atoms with E-state index in [9.17, 15) is 9.18 Å². The number of hydrogen-bond acceptors (Lipinski definition) is 4. The topological polar surface area (TPSA) is 82.7 Å². The summed E-state index contributed by atoms with van der Waals surface area (Å²) >= 11 is 0. The Bertz CT molecular complexity index is 570. The molecule has 100 valence electrons. The van der Waals surface area contributed by atoms with Gasteiger partial charge in [-0.1, -0.05) is 0 Å². The number of aromatic nitrogens is 3. The number of carbonyl (C=O) groups is 1. The van der Waals surface area contributed by atoms with E-state index in [1.54, 1.807) is 26.4 Å².